The van der Waals surface area contributed by atoms with E-state index in [1.165, 1.54) is 24.5 Å². The molecule has 0 aliphatic rings. The van der Waals surface area contributed by atoms with Crippen LogP contribution in [0.5, 0.6) is 17.2 Å². The van der Waals surface area contributed by atoms with E-state index in [0.29, 0.717) is 5.56 Å². The lowest BCUT2D eigenvalue weighted by molar-refractivity contribution is -0.275. The van der Waals surface area contributed by atoms with Gasteiger partial charge in [0, 0.05) is 6.54 Å². The molecule has 0 atom stereocenters. The molecule has 0 fully saturated rings. The maximum absolute atomic E-state index is 12.4. The van der Waals surface area contributed by atoms with Gasteiger partial charge < -0.3 is 14.9 Å². The second-order valence-corrected chi connectivity index (χ2v) is 7.62. The molecule has 2 aromatic rings. The molecule has 0 aliphatic heterocycles. The SMILES string of the molecule is CSc1cc(S(=O)(=O)NCc2ccc(O)c(O)c2)ccc1OC(F)(F)F. The number of halogens is 3. The van der Waals surface area contributed by atoms with Crippen LogP contribution in [0, 0.1) is 0 Å². The molecule has 6 nitrogen and oxygen atoms in total. The molecule has 0 radical (unpaired) electrons. The average molecular weight is 409 g/mol. The minimum Gasteiger partial charge on any atom is -0.504 e. The van der Waals surface area contributed by atoms with Crippen molar-refractivity contribution < 1.29 is 36.5 Å². The monoisotopic (exact) mass is 409 g/mol. The predicted octanol–water partition coefficient (Wildman–Crippen LogP) is 3.20. The number of ether oxygens (including phenoxy) is 1. The highest BCUT2D eigenvalue weighted by atomic mass is 32.2. The standard InChI is InChI=1S/C15H14F3NO5S2/c1-25-14-7-10(3-5-13(14)24-15(16,17)18)26(22,23)19-8-9-2-4-11(20)12(21)6-9/h2-7,19-21H,8H2,1H3. The largest absolute Gasteiger partial charge is 0.573 e. The Morgan fingerprint density at radius 1 is 1.12 bits per heavy atom. The van der Waals surface area contributed by atoms with Crippen LogP contribution >= 0.6 is 11.8 Å². The molecule has 0 bridgehead atoms. The highest BCUT2D eigenvalue weighted by Crippen LogP contribution is 2.34. The first-order chi connectivity index (χ1) is 12.0. The lowest BCUT2D eigenvalue weighted by Crippen LogP contribution is -2.23. The summed E-state index contributed by atoms with van der Waals surface area (Å²) in [6.07, 6.45) is -3.40. The summed E-state index contributed by atoms with van der Waals surface area (Å²) in [5, 5.41) is 18.6. The lowest BCUT2D eigenvalue weighted by Gasteiger charge is -2.14. The minimum atomic E-state index is -4.88. The molecule has 2 rings (SSSR count). The van der Waals surface area contributed by atoms with Crippen LogP contribution in [-0.2, 0) is 16.6 Å². The third-order valence-electron chi connectivity index (χ3n) is 3.18. The number of benzene rings is 2. The Labute approximate surface area is 151 Å². The summed E-state index contributed by atoms with van der Waals surface area (Å²) >= 11 is 0.906. The number of hydrogen-bond acceptors (Lipinski definition) is 6. The number of thioether (sulfide) groups is 1. The Morgan fingerprint density at radius 2 is 1.81 bits per heavy atom. The number of alkyl halides is 3. The van der Waals surface area contributed by atoms with Gasteiger partial charge in [0.05, 0.1) is 9.79 Å². The Balaban J connectivity index is 2.21. The van der Waals surface area contributed by atoms with Crippen molar-refractivity contribution in [3.63, 3.8) is 0 Å². The topological polar surface area (TPSA) is 95.9 Å². The highest BCUT2D eigenvalue weighted by molar-refractivity contribution is 7.98. The summed E-state index contributed by atoms with van der Waals surface area (Å²) in [6.45, 7) is -0.189. The molecule has 0 saturated heterocycles. The van der Waals surface area contributed by atoms with E-state index in [2.05, 4.69) is 9.46 Å². The number of sulfonamides is 1. The third kappa shape index (κ3) is 5.19. The zero-order valence-electron chi connectivity index (χ0n) is 13.2. The zero-order chi connectivity index (χ0) is 19.5. The first kappa shape index (κ1) is 20.2. The molecule has 26 heavy (non-hydrogen) atoms. The first-order valence-corrected chi connectivity index (χ1v) is 9.67. The molecule has 0 aromatic heterocycles. The molecule has 0 spiro atoms. The molecule has 3 N–H and O–H groups in total. The molecule has 0 unspecified atom stereocenters. The molecule has 11 heteroatoms. The molecule has 0 saturated carbocycles. The summed E-state index contributed by atoms with van der Waals surface area (Å²) in [4.78, 5) is -0.230. The van der Waals surface area contributed by atoms with Gasteiger partial charge >= 0.3 is 6.36 Å². The van der Waals surface area contributed by atoms with Crippen molar-refractivity contribution in [3.8, 4) is 17.2 Å². The summed E-state index contributed by atoms with van der Waals surface area (Å²) in [6, 6.07) is 6.80. The van der Waals surface area contributed by atoms with E-state index in [9.17, 15) is 31.8 Å². The summed E-state index contributed by atoms with van der Waals surface area (Å²) in [5.74, 6) is -1.24. The van der Waals surface area contributed by atoms with Crippen LogP contribution in [-0.4, -0.2) is 31.2 Å². The molecular weight excluding hydrogens is 395 g/mol. The van der Waals surface area contributed by atoms with Gasteiger partial charge in [-0.15, -0.1) is 24.9 Å². The van der Waals surface area contributed by atoms with Crippen LogP contribution in [0.15, 0.2) is 46.2 Å². The number of phenols is 2. The Kier molecular flexibility index (Phi) is 5.94. The molecule has 2 aromatic carbocycles. The van der Waals surface area contributed by atoms with Gasteiger partial charge in [-0.1, -0.05) is 6.07 Å². The molecule has 142 valence electrons. The smallest absolute Gasteiger partial charge is 0.504 e. The number of rotatable bonds is 6. The fraction of sp³-hybridized carbons (Fsp3) is 0.200. The van der Waals surface area contributed by atoms with Gasteiger partial charge in [-0.05, 0) is 42.2 Å². The fourth-order valence-corrected chi connectivity index (χ4v) is 3.64. The lowest BCUT2D eigenvalue weighted by atomic mass is 10.2. The van der Waals surface area contributed by atoms with Gasteiger partial charge in [0.2, 0.25) is 10.0 Å². The second-order valence-electron chi connectivity index (χ2n) is 5.01. The second kappa shape index (κ2) is 7.64. The highest BCUT2D eigenvalue weighted by Gasteiger charge is 2.32. The van der Waals surface area contributed by atoms with Gasteiger partial charge in [0.25, 0.3) is 0 Å². The van der Waals surface area contributed by atoms with Gasteiger partial charge in [-0.2, -0.15) is 0 Å². The van der Waals surface area contributed by atoms with E-state index >= 15 is 0 Å². The number of phenolic OH excluding ortho intramolecular Hbond substituents is 2. The predicted molar refractivity (Wildman–Crippen MR) is 88.7 cm³/mol. The normalized spacial score (nSPS) is 12.2. The maximum Gasteiger partial charge on any atom is 0.573 e. The van der Waals surface area contributed by atoms with Crippen molar-refractivity contribution in [2.45, 2.75) is 22.7 Å². The van der Waals surface area contributed by atoms with Crippen molar-refractivity contribution in [2.24, 2.45) is 0 Å². The number of aromatic hydroxyl groups is 2. The van der Waals surface area contributed by atoms with E-state index in [4.69, 9.17) is 0 Å². The van der Waals surface area contributed by atoms with Crippen LogP contribution in [0.1, 0.15) is 5.56 Å². The van der Waals surface area contributed by atoms with Gasteiger partial charge in [-0.3, -0.25) is 0 Å². The fourth-order valence-electron chi connectivity index (χ4n) is 1.96. The van der Waals surface area contributed by atoms with Crippen molar-refractivity contribution in [1.82, 2.24) is 4.72 Å². The molecular formula is C15H14F3NO5S2. The average Bonchev–Trinajstić information content (AvgIpc) is 2.55. The Morgan fingerprint density at radius 3 is 2.38 bits per heavy atom. The molecule has 0 heterocycles. The van der Waals surface area contributed by atoms with E-state index in [1.807, 2.05) is 0 Å². The maximum atomic E-state index is 12.4. The van der Waals surface area contributed by atoms with Gasteiger partial charge in [0.15, 0.2) is 11.5 Å². The van der Waals surface area contributed by atoms with Crippen LogP contribution in [0.2, 0.25) is 0 Å². The molecule has 0 aliphatic carbocycles. The third-order valence-corrected chi connectivity index (χ3v) is 5.33. The Bertz CT molecular complexity index is 901. The number of nitrogens with one attached hydrogen (secondary N) is 1. The van der Waals surface area contributed by atoms with Crippen LogP contribution < -0.4 is 9.46 Å². The Hall–Kier alpha value is -2.11. The van der Waals surface area contributed by atoms with Gasteiger partial charge in [-0.25, -0.2) is 13.1 Å². The quantitative estimate of drug-likeness (QED) is 0.501. The van der Waals surface area contributed by atoms with Crippen molar-refractivity contribution >= 4 is 21.8 Å². The van der Waals surface area contributed by atoms with Crippen LogP contribution in [0.3, 0.4) is 0 Å². The minimum absolute atomic E-state index is 0.00692. The number of hydrogen-bond donors (Lipinski definition) is 3. The zero-order valence-corrected chi connectivity index (χ0v) is 14.9. The van der Waals surface area contributed by atoms with Gasteiger partial charge in [0.1, 0.15) is 5.75 Å². The summed E-state index contributed by atoms with van der Waals surface area (Å²) in [7, 11) is -4.02. The van der Waals surface area contributed by atoms with E-state index < -0.39 is 27.9 Å². The van der Waals surface area contributed by atoms with Crippen LogP contribution in [0.4, 0.5) is 13.2 Å². The van der Waals surface area contributed by atoms with Crippen molar-refractivity contribution in [1.29, 1.82) is 0 Å². The van der Waals surface area contributed by atoms with Crippen molar-refractivity contribution in [3.05, 3.63) is 42.0 Å². The molecule has 0 amide bonds. The van der Waals surface area contributed by atoms with E-state index in [1.54, 1.807) is 0 Å². The first-order valence-electron chi connectivity index (χ1n) is 6.96. The summed E-state index contributed by atoms with van der Waals surface area (Å²) < 4.78 is 67.9. The van der Waals surface area contributed by atoms with E-state index in [0.717, 1.165) is 30.0 Å². The summed E-state index contributed by atoms with van der Waals surface area (Å²) in [5.41, 5.74) is 0.381. The van der Waals surface area contributed by atoms with Crippen molar-refractivity contribution in [2.75, 3.05) is 6.26 Å². The van der Waals surface area contributed by atoms with Crippen LogP contribution in [0.25, 0.3) is 0 Å². The van der Waals surface area contributed by atoms with E-state index in [-0.39, 0.29) is 22.1 Å².